The first-order valence-electron chi connectivity index (χ1n) is 9.02. The predicted octanol–water partition coefficient (Wildman–Crippen LogP) is 4.37. The molecule has 0 saturated carbocycles. The molecule has 0 saturated heterocycles. The first kappa shape index (κ1) is 21.6. The van der Waals surface area contributed by atoms with Crippen LogP contribution < -0.4 is 4.90 Å². The van der Waals surface area contributed by atoms with Gasteiger partial charge in [-0.2, -0.15) is 10.2 Å². The lowest BCUT2D eigenvalue weighted by atomic mass is 10.2. The fourth-order valence-electron chi connectivity index (χ4n) is 2.34. The summed E-state index contributed by atoms with van der Waals surface area (Å²) in [5.74, 6) is -0.973. The third-order valence-electron chi connectivity index (χ3n) is 3.80. The van der Waals surface area contributed by atoms with Crippen LogP contribution in [0.15, 0.2) is 90.1 Å². The predicted molar refractivity (Wildman–Crippen MR) is 112 cm³/mol. The molecule has 0 heterocycles. The van der Waals surface area contributed by atoms with E-state index < -0.39 is 11.9 Å². The number of esters is 2. The minimum Gasteiger partial charge on any atom is -0.461 e. The van der Waals surface area contributed by atoms with Crippen molar-refractivity contribution in [1.82, 2.24) is 0 Å². The standard InChI is InChI=1S/C22H23N3O4/c1-3-21(26)28-16-14-25(15-17-29-22(27)4-2)20-12-10-19(11-13-20)24-23-18-8-6-5-7-9-18/h3-13H,1-2,14-17H2. The van der Waals surface area contributed by atoms with Crippen molar-refractivity contribution >= 4 is 29.0 Å². The Morgan fingerprint density at radius 1 is 0.793 bits per heavy atom. The van der Waals surface area contributed by atoms with Crippen molar-refractivity contribution in [3.8, 4) is 0 Å². The van der Waals surface area contributed by atoms with E-state index in [9.17, 15) is 9.59 Å². The number of anilines is 1. The van der Waals surface area contributed by atoms with Crippen LogP contribution in [0.5, 0.6) is 0 Å². The van der Waals surface area contributed by atoms with Crippen molar-refractivity contribution in [3.63, 3.8) is 0 Å². The Kier molecular flexibility index (Phi) is 8.82. The Morgan fingerprint density at radius 3 is 1.76 bits per heavy atom. The summed E-state index contributed by atoms with van der Waals surface area (Å²) in [7, 11) is 0. The third kappa shape index (κ3) is 7.80. The van der Waals surface area contributed by atoms with Gasteiger partial charge in [-0.3, -0.25) is 0 Å². The van der Waals surface area contributed by atoms with E-state index in [0.29, 0.717) is 18.8 Å². The van der Waals surface area contributed by atoms with Crippen LogP contribution in [0.4, 0.5) is 17.1 Å². The van der Waals surface area contributed by atoms with Crippen LogP contribution in [0.3, 0.4) is 0 Å². The van der Waals surface area contributed by atoms with Crippen LogP contribution >= 0.6 is 0 Å². The highest BCUT2D eigenvalue weighted by Crippen LogP contribution is 2.22. The number of azo groups is 1. The summed E-state index contributed by atoms with van der Waals surface area (Å²) < 4.78 is 10.1. The smallest absolute Gasteiger partial charge is 0.330 e. The number of hydrogen-bond donors (Lipinski definition) is 0. The zero-order valence-electron chi connectivity index (χ0n) is 16.1. The highest BCUT2D eigenvalue weighted by atomic mass is 16.5. The molecule has 29 heavy (non-hydrogen) atoms. The number of nitrogens with zero attached hydrogens (tertiary/aromatic N) is 3. The van der Waals surface area contributed by atoms with Crippen LogP contribution in [-0.2, 0) is 19.1 Å². The van der Waals surface area contributed by atoms with E-state index in [-0.39, 0.29) is 13.2 Å². The van der Waals surface area contributed by atoms with E-state index in [2.05, 4.69) is 23.4 Å². The van der Waals surface area contributed by atoms with E-state index in [4.69, 9.17) is 9.47 Å². The minimum absolute atomic E-state index is 0.176. The highest BCUT2D eigenvalue weighted by Gasteiger charge is 2.09. The molecule has 0 bridgehead atoms. The van der Waals surface area contributed by atoms with Gasteiger partial charge < -0.3 is 14.4 Å². The second-order valence-corrected chi connectivity index (χ2v) is 5.78. The second-order valence-electron chi connectivity index (χ2n) is 5.78. The molecule has 0 N–H and O–H groups in total. The van der Waals surface area contributed by atoms with E-state index >= 15 is 0 Å². The lowest BCUT2D eigenvalue weighted by Gasteiger charge is -2.24. The lowest BCUT2D eigenvalue weighted by molar-refractivity contribution is -0.137. The number of benzene rings is 2. The molecule has 7 nitrogen and oxygen atoms in total. The number of carbonyl (C=O) groups is 2. The largest absolute Gasteiger partial charge is 0.461 e. The molecular formula is C22H23N3O4. The normalized spacial score (nSPS) is 10.3. The van der Waals surface area contributed by atoms with Gasteiger partial charge in [0.15, 0.2) is 0 Å². The Hall–Kier alpha value is -3.74. The summed E-state index contributed by atoms with van der Waals surface area (Å²) in [5.41, 5.74) is 2.34. The maximum absolute atomic E-state index is 11.2. The van der Waals surface area contributed by atoms with Gasteiger partial charge in [0.05, 0.1) is 24.5 Å². The van der Waals surface area contributed by atoms with Gasteiger partial charge >= 0.3 is 11.9 Å². The summed E-state index contributed by atoms with van der Waals surface area (Å²) in [4.78, 5) is 24.4. The van der Waals surface area contributed by atoms with E-state index in [1.54, 1.807) is 0 Å². The molecule has 0 amide bonds. The quantitative estimate of drug-likeness (QED) is 0.322. The monoisotopic (exact) mass is 393 g/mol. The fourth-order valence-corrected chi connectivity index (χ4v) is 2.34. The Bertz CT molecular complexity index is 822. The number of rotatable bonds is 11. The van der Waals surface area contributed by atoms with Crippen LogP contribution in [0, 0.1) is 0 Å². The van der Waals surface area contributed by atoms with Crippen molar-refractivity contribution in [2.45, 2.75) is 0 Å². The fraction of sp³-hybridized carbons (Fsp3) is 0.182. The second kappa shape index (κ2) is 11.9. The zero-order valence-corrected chi connectivity index (χ0v) is 16.1. The summed E-state index contributed by atoms with van der Waals surface area (Å²) in [6.07, 6.45) is 2.23. The van der Waals surface area contributed by atoms with Gasteiger partial charge in [0.1, 0.15) is 13.2 Å². The average Bonchev–Trinajstić information content (AvgIpc) is 2.77. The molecular weight excluding hydrogens is 370 g/mol. The van der Waals surface area contributed by atoms with Crippen molar-refractivity contribution in [1.29, 1.82) is 0 Å². The maximum Gasteiger partial charge on any atom is 0.330 e. The SMILES string of the molecule is C=CC(=O)OCCN(CCOC(=O)C=C)c1ccc(N=Nc2ccccc2)cc1. The molecule has 0 aliphatic carbocycles. The van der Waals surface area contributed by atoms with Gasteiger partial charge in [0, 0.05) is 17.8 Å². The molecule has 2 rings (SSSR count). The van der Waals surface area contributed by atoms with Gasteiger partial charge in [-0.05, 0) is 36.4 Å². The summed E-state index contributed by atoms with van der Waals surface area (Å²) in [5, 5.41) is 8.40. The Balaban J connectivity index is 2.02. The molecule has 0 aliphatic rings. The van der Waals surface area contributed by atoms with Crippen LogP contribution in [0.25, 0.3) is 0 Å². The van der Waals surface area contributed by atoms with Crippen LogP contribution in [0.1, 0.15) is 0 Å². The lowest BCUT2D eigenvalue weighted by Crippen LogP contribution is -2.31. The Morgan fingerprint density at radius 2 is 1.28 bits per heavy atom. The van der Waals surface area contributed by atoms with Crippen molar-refractivity contribution in [3.05, 3.63) is 79.9 Å². The molecule has 0 atom stereocenters. The molecule has 0 aliphatic heterocycles. The first-order chi connectivity index (χ1) is 14.1. The highest BCUT2D eigenvalue weighted by molar-refractivity contribution is 5.81. The van der Waals surface area contributed by atoms with Gasteiger partial charge in [0.25, 0.3) is 0 Å². The van der Waals surface area contributed by atoms with Crippen molar-refractivity contribution < 1.29 is 19.1 Å². The van der Waals surface area contributed by atoms with E-state index in [1.807, 2.05) is 59.5 Å². The molecule has 2 aromatic rings. The van der Waals surface area contributed by atoms with Crippen molar-refractivity contribution in [2.24, 2.45) is 10.2 Å². The summed E-state index contributed by atoms with van der Waals surface area (Å²) in [6.45, 7) is 7.95. The average molecular weight is 393 g/mol. The molecule has 0 aromatic heterocycles. The van der Waals surface area contributed by atoms with E-state index in [1.165, 1.54) is 0 Å². The van der Waals surface area contributed by atoms with Crippen molar-refractivity contribution in [2.75, 3.05) is 31.2 Å². The third-order valence-corrected chi connectivity index (χ3v) is 3.80. The number of ether oxygens (including phenoxy) is 2. The summed E-state index contributed by atoms with van der Waals surface area (Å²) >= 11 is 0. The molecule has 150 valence electrons. The molecule has 0 fully saturated rings. The first-order valence-corrected chi connectivity index (χ1v) is 9.02. The maximum atomic E-state index is 11.2. The molecule has 7 heteroatoms. The number of carbonyl (C=O) groups excluding carboxylic acids is 2. The molecule has 2 aromatic carbocycles. The van der Waals surface area contributed by atoms with Gasteiger partial charge in [-0.15, -0.1) is 0 Å². The van der Waals surface area contributed by atoms with E-state index in [0.717, 1.165) is 23.5 Å². The minimum atomic E-state index is -0.486. The molecule has 0 spiro atoms. The number of hydrogen-bond acceptors (Lipinski definition) is 7. The molecule has 0 radical (unpaired) electrons. The topological polar surface area (TPSA) is 80.6 Å². The Labute approximate surface area is 170 Å². The molecule has 0 unspecified atom stereocenters. The van der Waals surface area contributed by atoms with Gasteiger partial charge in [-0.1, -0.05) is 31.4 Å². The van der Waals surface area contributed by atoms with Gasteiger partial charge in [0.2, 0.25) is 0 Å². The van der Waals surface area contributed by atoms with Crippen LogP contribution in [0.2, 0.25) is 0 Å². The zero-order chi connectivity index (χ0) is 20.9. The summed E-state index contributed by atoms with van der Waals surface area (Å²) in [6, 6.07) is 16.9. The van der Waals surface area contributed by atoms with Gasteiger partial charge in [-0.25, -0.2) is 9.59 Å². The van der Waals surface area contributed by atoms with Crippen LogP contribution in [-0.4, -0.2) is 38.2 Å².